The van der Waals surface area contributed by atoms with E-state index in [1.165, 1.54) is 19.2 Å². The van der Waals surface area contributed by atoms with Crippen molar-refractivity contribution >= 4 is 11.8 Å². The van der Waals surface area contributed by atoms with E-state index in [1.54, 1.807) is 12.1 Å². The Morgan fingerprint density at radius 3 is 2.53 bits per heavy atom. The highest BCUT2D eigenvalue weighted by atomic mass is 16.4. The second-order valence-electron chi connectivity index (χ2n) is 3.16. The van der Waals surface area contributed by atoms with Gasteiger partial charge < -0.3 is 10.2 Å². The van der Waals surface area contributed by atoms with Gasteiger partial charge in [-0.2, -0.15) is 0 Å². The maximum absolute atomic E-state index is 11.1. The number of ketones is 1. The number of hydrogen-bond acceptors (Lipinski definition) is 4. The molecule has 0 amide bonds. The van der Waals surface area contributed by atoms with Crippen LogP contribution in [-0.4, -0.2) is 26.9 Å². The van der Waals surface area contributed by atoms with Crippen LogP contribution < -0.4 is 0 Å². The van der Waals surface area contributed by atoms with E-state index in [2.05, 4.69) is 4.98 Å². The van der Waals surface area contributed by atoms with E-state index in [0.717, 1.165) is 0 Å². The molecule has 0 aromatic carbocycles. The van der Waals surface area contributed by atoms with Crippen molar-refractivity contribution in [2.45, 2.75) is 13.0 Å². The van der Waals surface area contributed by atoms with Gasteiger partial charge in [-0.15, -0.1) is 0 Å². The number of carboxylic acids is 1. The highest BCUT2D eigenvalue weighted by Crippen LogP contribution is 2.20. The van der Waals surface area contributed by atoms with Gasteiger partial charge in [0.15, 0.2) is 0 Å². The SMILES string of the molecule is CC(C(=O)C(=O)O)[C@H](O)c1ccccn1. The predicted octanol–water partition coefficient (Wildman–Crippen LogP) is 0.405. The number of carbonyl (C=O) groups excluding carboxylic acids is 1. The Labute approximate surface area is 86.4 Å². The smallest absolute Gasteiger partial charge is 0.372 e. The molecule has 15 heavy (non-hydrogen) atoms. The van der Waals surface area contributed by atoms with Gasteiger partial charge in [0.2, 0.25) is 5.78 Å². The number of rotatable bonds is 4. The van der Waals surface area contributed by atoms with Gasteiger partial charge in [-0.05, 0) is 12.1 Å². The fraction of sp³-hybridized carbons (Fsp3) is 0.300. The molecule has 5 nitrogen and oxygen atoms in total. The normalized spacial score (nSPS) is 14.3. The van der Waals surface area contributed by atoms with Crippen molar-refractivity contribution in [3.8, 4) is 0 Å². The van der Waals surface area contributed by atoms with E-state index in [4.69, 9.17) is 5.11 Å². The molecule has 1 heterocycles. The summed E-state index contributed by atoms with van der Waals surface area (Å²) in [5.41, 5.74) is 0.291. The molecule has 0 bridgehead atoms. The number of nitrogens with zero attached hydrogens (tertiary/aromatic N) is 1. The van der Waals surface area contributed by atoms with E-state index in [0.29, 0.717) is 5.69 Å². The van der Waals surface area contributed by atoms with Crippen LogP contribution in [-0.2, 0) is 9.59 Å². The summed E-state index contributed by atoms with van der Waals surface area (Å²) < 4.78 is 0. The fourth-order valence-electron chi connectivity index (χ4n) is 1.15. The molecule has 0 aliphatic heterocycles. The van der Waals surface area contributed by atoms with Gasteiger partial charge in [0.05, 0.1) is 11.6 Å². The molecule has 0 saturated heterocycles. The zero-order chi connectivity index (χ0) is 11.4. The molecule has 0 fully saturated rings. The van der Waals surface area contributed by atoms with Crippen LogP contribution in [0.25, 0.3) is 0 Å². The number of Topliss-reactive ketones (excluding diaryl/α,β-unsaturated/α-hetero) is 1. The molecule has 1 aromatic rings. The Hall–Kier alpha value is -1.75. The summed E-state index contributed by atoms with van der Waals surface area (Å²) in [7, 11) is 0. The molecule has 0 spiro atoms. The number of pyridine rings is 1. The number of aliphatic carboxylic acids is 1. The molecular weight excluding hydrogens is 198 g/mol. The van der Waals surface area contributed by atoms with Crippen LogP contribution >= 0.6 is 0 Å². The third kappa shape index (κ3) is 2.60. The van der Waals surface area contributed by atoms with Gasteiger partial charge in [0, 0.05) is 6.20 Å². The van der Waals surface area contributed by atoms with Gasteiger partial charge in [0.1, 0.15) is 6.10 Å². The standard InChI is InChI=1S/C10H11NO4/c1-6(9(13)10(14)15)8(12)7-4-2-3-5-11-7/h2-6,8,12H,1H3,(H,14,15)/t6?,8-/m0/s1. The van der Waals surface area contributed by atoms with Gasteiger partial charge in [0.25, 0.3) is 0 Å². The zero-order valence-corrected chi connectivity index (χ0v) is 8.12. The highest BCUT2D eigenvalue weighted by Gasteiger charge is 2.28. The monoisotopic (exact) mass is 209 g/mol. The Kier molecular flexibility index (Phi) is 3.51. The average molecular weight is 209 g/mol. The summed E-state index contributed by atoms with van der Waals surface area (Å²) in [6.45, 7) is 1.36. The predicted molar refractivity (Wildman–Crippen MR) is 51.0 cm³/mol. The first-order valence-electron chi connectivity index (χ1n) is 4.40. The Morgan fingerprint density at radius 2 is 2.07 bits per heavy atom. The number of carboxylic acid groups (broad SMARTS) is 1. The number of carbonyl (C=O) groups is 2. The van der Waals surface area contributed by atoms with Gasteiger partial charge >= 0.3 is 5.97 Å². The second-order valence-corrected chi connectivity index (χ2v) is 3.16. The van der Waals surface area contributed by atoms with Crippen molar-refractivity contribution in [2.75, 3.05) is 0 Å². The van der Waals surface area contributed by atoms with Crippen LogP contribution in [0.2, 0.25) is 0 Å². The van der Waals surface area contributed by atoms with Crippen molar-refractivity contribution in [3.63, 3.8) is 0 Å². The van der Waals surface area contributed by atoms with Gasteiger partial charge in [-0.3, -0.25) is 9.78 Å². The largest absolute Gasteiger partial charge is 0.475 e. The topological polar surface area (TPSA) is 87.5 Å². The summed E-state index contributed by atoms with van der Waals surface area (Å²) in [6.07, 6.45) is 0.283. The maximum atomic E-state index is 11.1. The third-order valence-corrected chi connectivity index (χ3v) is 2.09. The molecule has 0 aliphatic carbocycles. The van der Waals surface area contributed by atoms with Crippen molar-refractivity contribution < 1.29 is 19.8 Å². The van der Waals surface area contributed by atoms with E-state index in [1.807, 2.05) is 0 Å². The second kappa shape index (κ2) is 4.65. The van der Waals surface area contributed by atoms with Gasteiger partial charge in [-0.25, -0.2) is 4.79 Å². The minimum Gasteiger partial charge on any atom is -0.475 e. The van der Waals surface area contributed by atoms with E-state index < -0.39 is 23.8 Å². The van der Waals surface area contributed by atoms with E-state index in [-0.39, 0.29) is 0 Å². The quantitative estimate of drug-likeness (QED) is 0.701. The Bertz CT molecular complexity index is 363. The molecule has 1 unspecified atom stereocenters. The summed E-state index contributed by atoms with van der Waals surface area (Å²) in [4.78, 5) is 25.3. The lowest BCUT2D eigenvalue weighted by Gasteiger charge is -2.14. The lowest BCUT2D eigenvalue weighted by atomic mass is 9.97. The minimum absolute atomic E-state index is 0.291. The van der Waals surface area contributed by atoms with Crippen LogP contribution in [0.1, 0.15) is 18.7 Å². The maximum Gasteiger partial charge on any atom is 0.372 e. The highest BCUT2D eigenvalue weighted by molar-refractivity contribution is 6.33. The van der Waals surface area contributed by atoms with E-state index >= 15 is 0 Å². The molecule has 0 saturated carbocycles. The van der Waals surface area contributed by atoms with Crippen molar-refractivity contribution in [3.05, 3.63) is 30.1 Å². The van der Waals surface area contributed by atoms with Crippen LogP contribution in [0.15, 0.2) is 24.4 Å². The van der Waals surface area contributed by atoms with Crippen LogP contribution in [0.4, 0.5) is 0 Å². The number of aromatic nitrogens is 1. The molecule has 2 atom stereocenters. The first-order chi connectivity index (χ1) is 7.04. The van der Waals surface area contributed by atoms with Crippen molar-refractivity contribution in [2.24, 2.45) is 5.92 Å². The summed E-state index contributed by atoms with van der Waals surface area (Å²) in [5, 5.41) is 18.1. The summed E-state index contributed by atoms with van der Waals surface area (Å²) >= 11 is 0. The molecule has 0 radical (unpaired) electrons. The van der Waals surface area contributed by atoms with Crippen LogP contribution in [0.3, 0.4) is 0 Å². The van der Waals surface area contributed by atoms with Crippen LogP contribution in [0.5, 0.6) is 0 Å². The van der Waals surface area contributed by atoms with Gasteiger partial charge in [-0.1, -0.05) is 13.0 Å². The Morgan fingerprint density at radius 1 is 1.40 bits per heavy atom. The first-order valence-corrected chi connectivity index (χ1v) is 4.40. The third-order valence-electron chi connectivity index (χ3n) is 2.09. The molecule has 0 aliphatic rings. The molecule has 80 valence electrons. The fourth-order valence-corrected chi connectivity index (χ4v) is 1.15. The molecule has 1 rings (SSSR count). The lowest BCUT2D eigenvalue weighted by molar-refractivity contribution is -0.152. The van der Waals surface area contributed by atoms with Crippen LogP contribution in [0, 0.1) is 5.92 Å². The number of aliphatic hydroxyl groups is 1. The lowest BCUT2D eigenvalue weighted by Crippen LogP contribution is -2.26. The minimum atomic E-state index is -1.54. The molecular formula is C10H11NO4. The summed E-state index contributed by atoms with van der Waals surface area (Å²) in [6, 6.07) is 4.86. The number of hydrogen-bond donors (Lipinski definition) is 2. The zero-order valence-electron chi connectivity index (χ0n) is 8.12. The van der Waals surface area contributed by atoms with Crippen molar-refractivity contribution in [1.82, 2.24) is 4.98 Å². The number of aliphatic hydroxyl groups excluding tert-OH is 1. The van der Waals surface area contributed by atoms with Crippen molar-refractivity contribution in [1.29, 1.82) is 0 Å². The molecule has 2 N–H and O–H groups in total. The van der Waals surface area contributed by atoms with E-state index in [9.17, 15) is 14.7 Å². The molecule has 1 aromatic heterocycles. The molecule has 5 heteroatoms. The summed E-state index contributed by atoms with van der Waals surface area (Å²) in [5.74, 6) is -3.57. The Balaban J connectivity index is 2.82. The first kappa shape index (κ1) is 11.3. The average Bonchev–Trinajstić information content (AvgIpc) is 2.27.